The van der Waals surface area contributed by atoms with E-state index >= 15 is 0 Å². The second-order valence-corrected chi connectivity index (χ2v) is 6.56. The molecule has 0 spiro atoms. The minimum atomic E-state index is -3.88. The number of nitrogens with one attached hydrogen (secondary N) is 1. The average Bonchev–Trinajstić information content (AvgIpc) is 2.92. The van der Waals surface area contributed by atoms with E-state index in [2.05, 4.69) is 5.32 Å². The van der Waals surface area contributed by atoms with E-state index in [1.165, 1.54) is 43.5 Å². The molecule has 1 heterocycles. The highest BCUT2D eigenvalue weighted by molar-refractivity contribution is 7.89. The summed E-state index contributed by atoms with van der Waals surface area (Å²) in [6, 6.07) is 6.87. The maximum Gasteiger partial charge on any atom is 0.342 e. The fraction of sp³-hybridized carbons (Fsp3) is 0.200. The summed E-state index contributed by atoms with van der Waals surface area (Å²) in [4.78, 5) is 23.9. The lowest BCUT2D eigenvalue weighted by atomic mass is 10.2. The summed E-state index contributed by atoms with van der Waals surface area (Å²) in [5, 5.41) is 7.49. The third-order valence-electron chi connectivity index (χ3n) is 3.16. The Balaban J connectivity index is 2.04. The SMILES string of the molecule is Cc1occc1C(=O)O[C@@H](C)C(=O)Nc1cccc(S(N)(=O)=O)c1. The first-order valence-electron chi connectivity index (χ1n) is 6.87. The smallest absolute Gasteiger partial charge is 0.342 e. The van der Waals surface area contributed by atoms with Gasteiger partial charge in [-0.15, -0.1) is 0 Å². The van der Waals surface area contributed by atoms with Gasteiger partial charge in [0.05, 0.1) is 11.2 Å². The Morgan fingerprint density at radius 3 is 2.58 bits per heavy atom. The van der Waals surface area contributed by atoms with Gasteiger partial charge in [-0.2, -0.15) is 0 Å². The lowest BCUT2D eigenvalue weighted by Gasteiger charge is -2.13. The van der Waals surface area contributed by atoms with Gasteiger partial charge in [0.2, 0.25) is 10.0 Å². The zero-order valence-corrected chi connectivity index (χ0v) is 13.8. The van der Waals surface area contributed by atoms with Crippen LogP contribution in [0.15, 0.2) is 45.9 Å². The van der Waals surface area contributed by atoms with Gasteiger partial charge in [0.15, 0.2) is 6.10 Å². The second-order valence-electron chi connectivity index (χ2n) is 5.00. The van der Waals surface area contributed by atoms with Crippen molar-refractivity contribution in [2.75, 3.05) is 5.32 Å². The number of nitrogens with two attached hydrogens (primary N) is 1. The van der Waals surface area contributed by atoms with Crippen LogP contribution in [-0.2, 0) is 19.6 Å². The van der Waals surface area contributed by atoms with Crippen molar-refractivity contribution in [2.45, 2.75) is 24.8 Å². The molecule has 128 valence electrons. The van der Waals surface area contributed by atoms with Crippen LogP contribution in [-0.4, -0.2) is 26.4 Å². The molecule has 1 atom stereocenters. The van der Waals surface area contributed by atoms with Crippen LogP contribution in [0.1, 0.15) is 23.0 Å². The van der Waals surface area contributed by atoms with Crippen molar-refractivity contribution in [2.24, 2.45) is 5.14 Å². The number of primary sulfonamides is 1. The molecular formula is C15H16N2O6S. The van der Waals surface area contributed by atoms with Crippen molar-refractivity contribution in [3.8, 4) is 0 Å². The third kappa shape index (κ3) is 4.21. The normalized spacial score (nSPS) is 12.5. The summed E-state index contributed by atoms with van der Waals surface area (Å²) >= 11 is 0. The van der Waals surface area contributed by atoms with E-state index in [0.29, 0.717) is 5.76 Å². The maximum atomic E-state index is 12.1. The van der Waals surface area contributed by atoms with Crippen LogP contribution in [0.3, 0.4) is 0 Å². The van der Waals surface area contributed by atoms with Crippen molar-refractivity contribution in [3.63, 3.8) is 0 Å². The number of ether oxygens (including phenoxy) is 1. The highest BCUT2D eigenvalue weighted by Crippen LogP contribution is 2.15. The first kappa shape index (κ1) is 17.7. The molecule has 0 aliphatic carbocycles. The Bertz CT molecular complexity index is 872. The number of rotatable bonds is 5. The number of carbonyl (C=O) groups is 2. The molecule has 2 aromatic rings. The Kier molecular flexibility index (Phi) is 5.05. The Hall–Kier alpha value is -2.65. The Morgan fingerprint density at radius 1 is 1.29 bits per heavy atom. The van der Waals surface area contributed by atoms with E-state index in [1.807, 2.05) is 0 Å². The minimum Gasteiger partial charge on any atom is -0.469 e. The van der Waals surface area contributed by atoms with Crippen molar-refractivity contribution >= 4 is 27.6 Å². The quantitative estimate of drug-likeness (QED) is 0.783. The van der Waals surface area contributed by atoms with Crippen molar-refractivity contribution in [1.29, 1.82) is 0 Å². The topological polar surface area (TPSA) is 129 Å². The van der Waals surface area contributed by atoms with E-state index in [9.17, 15) is 18.0 Å². The number of sulfonamides is 1. The Labute approximate surface area is 138 Å². The van der Waals surface area contributed by atoms with E-state index in [0.717, 1.165) is 0 Å². The van der Waals surface area contributed by atoms with Gasteiger partial charge in [0.25, 0.3) is 5.91 Å². The summed E-state index contributed by atoms with van der Waals surface area (Å²) in [5.41, 5.74) is 0.444. The molecule has 24 heavy (non-hydrogen) atoms. The zero-order valence-electron chi connectivity index (χ0n) is 13.0. The van der Waals surface area contributed by atoms with Crippen LogP contribution in [0.25, 0.3) is 0 Å². The minimum absolute atomic E-state index is 0.140. The molecule has 0 unspecified atom stereocenters. The molecule has 1 amide bonds. The summed E-state index contributed by atoms with van der Waals surface area (Å²) < 4.78 is 32.7. The van der Waals surface area contributed by atoms with Gasteiger partial charge in [-0.25, -0.2) is 18.4 Å². The molecule has 1 aromatic heterocycles. The fourth-order valence-corrected chi connectivity index (χ4v) is 2.43. The van der Waals surface area contributed by atoms with Crippen LogP contribution in [0, 0.1) is 6.92 Å². The molecule has 0 aliphatic rings. The van der Waals surface area contributed by atoms with Crippen molar-refractivity contribution in [1.82, 2.24) is 0 Å². The summed E-state index contributed by atoms with van der Waals surface area (Å²) in [6.07, 6.45) is 0.250. The molecule has 0 bridgehead atoms. The van der Waals surface area contributed by atoms with Gasteiger partial charge in [0, 0.05) is 5.69 Å². The predicted octanol–water partition coefficient (Wildman–Crippen LogP) is 1.42. The molecule has 8 nitrogen and oxygen atoms in total. The number of hydrogen-bond donors (Lipinski definition) is 2. The first-order chi connectivity index (χ1) is 11.2. The number of amides is 1. The average molecular weight is 352 g/mol. The lowest BCUT2D eigenvalue weighted by molar-refractivity contribution is -0.123. The zero-order chi connectivity index (χ0) is 17.9. The van der Waals surface area contributed by atoms with Gasteiger partial charge in [-0.3, -0.25) is 4.79 Å². The molecule has 0 aliphatic heterocycles. The van der Waals surface area contributed by atoms with Crippen LogP contribution < -0.4 is 10.5 Å². The molecule has 9 heteroatoms. The van der Waals surface area contributed by atoms with Crippen LogP contribution in [0.2, 0.25) is 0 Å². The highest BCUT2D eigenvalue weighted by Gasteiger charge is 2.21. The van der Waals surface area contributed by atoms with E-state index < -0.39 is 28.0 Å². The second kappa shape index (κ2) is 6.85. The van der Waals surface area contributed by atoms with Gasteiger partial charge < -0.3 is 14.5 Å². The first-order valence-corrected chi connectivity index (χ1v) is 8.42. The van der Waals surface area contributed by atoms with Gasteiger partial charge in [-0.1, -0.05) is 6.07 Å². The Morgan fingerprint density at radius 2 is 2.00 bits per heavy atom. The number of carbonyl (C=O) groups excluding carboxylic acids is 2. The number of benzene rings is 1. The van der Waals surface area contributed by atoms with Gasteiger partial charge in [-0.05, 0) is 38.1 Å². The molecular weight excluding hydrogens is 336 g/mol. The molecule has 0 radical (unpaired) electrons. The number of esters is 1. The molecule has 0 saturated carbocycles. The number of furan rings is 1. The summed E-state index contributed by atoms with van der Waals surface area (Å²) in [7, 11) is -3.88. The van der Waals surface area contributed by atoms with E-state index in [1.54, 1.807) is 6.92 Å². The predicted molar refractivity (Wildman–Crippen MR) is 84.8 cm³/mol. The number of aryl methyl sites for hydroxylation is 1. The van der Waals surface area contributed by atoms with E-state index in [4.69, 9.17) is 14.3 Å². The van der Waals surface area contributed by atoms with Gasteiger partial charge in [0.1, 0.15) is 11.3 Å². The number of hydrogen-bond acceptors (Lipinski definition) is 6. The molecule has 3 N–H and O–H groups in total. The standard InChI is InChI=1S/C15H16N2O6S/c1-9-13(6-7-22-9)15(19)23-10(2)14(18)17-11-4-3-5-12(8-11)24(16,20)21/h3-8,10H,1-2H3,(H,17,18)(H2,16,20,21)/t10-/m0/s1. The lowest BCUT2D eigenvalue weighted by Crippen LogP contribution is -2.30. The highest BCUT2D eigenvalue weighted by atomic mass is 32.2. The van der Waals surface area contributed by atoms with E-state index in [-0.39, 0.29) is 16.1 Å². The molecule has 0 saturated heterocycles. The summed E-state index contributed by atoms with van der Waals surface area (Å²) in [6.45, 7) is 2.99. The maximum absolute atomic E-state index is 12.1. The van der Waals surface area contributed by atoms with Gasteiger partial charge >= 0.3 is 5.97 Å². The molecule has 1 aromatic carbocycles. The third-order valence-corrected chi connectivity index (χ3v) is 4.07. The fourth-order valence-electron chi connectivity index (χ4n) is 1.87. The van der Waals surface area contributed by atoms with Crippen LogP contribution in [0.5, 0.6) is 0 Å². The van der Waals surface area contributed by atoms with Crippen molar-refractivity contribution in [3.05, 3.63) is 47.9 Å². The largest absolute Gasteiger partial charge is 0.469 e. The number of anilines is 1. The summed E-state index contributed by atoms with van der Waals surface area (Å²) in [5.74, 6) is -0.924. The van der Waals surface area contributed by atoms with Crippen LogP contribution >= 0.6 is 0 Å². The molecule has 2 rings (SSSR count). The monoisotopic (exact) mass is 352 g/mol. The van der Waals surface area contributed by atoms with Crippen molar-refractivity contribution < 1.29 is 27.2 Å². The molecule has 0 fully saturated rings. The van der Waals surface area contributed by atoms with Crippen LogP contribution in [0.4, 0.5) is 5.69 Å².